The summed E-state index contributed by atoms with van der Waals surface area (Å²) in [5, 5.41) is 0.0381. The third-order valence-corrected chi connectivity index (χ3v) is 5.35. The van der Waals surface area contributed by atoms with Crippen LogP contribution in [0.25, 0.3) is 16.7 Å². The van der Waals surface area contributed by atoms with E-state index < -0.39 is 11.5 Å². The molecule has 1 aliphatic rings. The van der Waals surface area contributed by atoms with Crippen LogP contribution in [-0.4, -0.2) is 46.0 Å². The Morgan fingerprint density at radius 1 is 1.23 bits per heavy atom. The topological polar surface area (TPSA) is 94.6 Å². The monoisotopic (exact) mass is 421 g/mol. The highest BCUT2D eigenvalue weighted by atomic mass is 16.5. The number of fused-ring (bicyclic) bond motifs is 1. The summed E-state index contributed by atoms with van der Waals surface area (Å²) in [6, 6.07) is 10.1. The van der Waals surface area contributed by atoms with Crippen molar-refractivity contribution in [2.45, 2.75) is 26.8 Å². The Morgan fingerprint density at radius 2 is 2.00 bits per heavy atom. The molecule has 1 aromatic carbocycles. The number of ether oxygens (including phenoxy) is 1. The Kier molecular flexibility index (Phi) is 5.70. The number of carbonyl (C=O) groups is 2. The average molecular weight is 421 g/mol. The number of carbonyl (C=O) groups excluding carboxylic acids is 2. The zero-order chi connectivity index (χ0) is 22.0. The van der Waals surface area contributed by atoms with Crippen LogP contribution in [0.1, 0.15) is 35.0 Å². The fraction of sp³-hybridized carbons (Fsp3) is 0.304. The third kappa shape index (κ3) is 4.01. The van der Waals surface area contributed by atoms with Gasteiger partial charge in [0.25, 0.3) is 5.56 Å². The Labute approximate surface area is 178 Å². The third-order valence-electron chi connectivity index (χ3n) is 5.35. The molecule has 3 heterocycles. The van der Waals surface area contributed by atoms with E-state index in [0.717, 1.165) is 12.0 Å². The lowest BCUT2D eigenvalue weighted by molar-refractivity contribution is -0.131. The van der Waals surface area contributed by atoms with Crippen LogP contribution in [0.4, 0.5) is 0 Å². The Bertz CT molecular complexity index is 1220. The molecule has 0 saturated heterocycles. The molecule has 0 spiro atoms. The van der Waals surface area contributed by atoms with Gasteiger partial charge in [-0.05, 0) is 31.4 Å². The summed E-state index contributed by atoms with van der Waals surface area (Å²) in [4.78, 5) is 43.9. The maximum absolute atomic E-state index is 13.0. The zero-order valence-electron chi connectivity index (χ0n) is 17.5. The van der Waals surface area contributed by atoms with E-state index in [9.17, 15) is 14.4 Å². The molecule has 31 heavy (non-hydrogen) atoms. The lowest BCUT2D eigenvalue weighted by atomic mass is 9.99. The number of benzene rings is 1. The van der Waals surface area contributed by atoms with Crippen molar-refractivity contribution in [2.24, 2.45) is 0 Å². The number of rotatable bonds is 5. The molecule has 1 aliphatic heterocycles. The van der Waals surface area contributed by atoms with Crippen LogP contribution in [0, 0.1) is 6.92 Å². The molecule has 3 aromatic rings. The number of aromatic nitrogens is 2. The summed E-state index contributed by atoms with van der Waals surface area (Å²) in [5.74, 6) is -0.572. The van der Waals surface area contributed by atoms with Gasteiger partial charge in [0, 0.05) is 13.1 Å². The predicted molar refractivity (Wildman–Crippen MR) is 115 cm³/mol. The second kappa shape index (κ2) is 8.59. The number of hydrogen-bond acceptors (Lipinski definition) is 6. The standard InChI is InChI=1S/C23H23N3O5/c1-3-30-23(29)19-15(2)31-21-20(19)22(28)26(14-24-21)13-18(27)25-11-9-17(10-12-25)16-7-5-4-6-8-16/h4-9,14H,3,10-13H2,1-2H3. The molecule has 1 amide bonds. The summed E-state index contributed by atoms with van der Waals surface area (Å²) in [6.07, 6.45) is 4.06. The fourth-order valence-corrected chi connectivity index (χ4v) is 3.76. The maximum Gasteiger partial charge on any atom is 0.342 e. The molecule has 0 fully saturated rings. The van der Waals surface area contributed by atoms with E-state index in [4.69, 9.17) is 9.15 Å². The second-order valence-electron chi connectivity index (χ2n) is 7.30. The summed E-state index contributed by atoms with van der Waals surface area (Å²) < 4.78 is 11.7. The molecule has 0 atom stereocenters. The average Bonchev–Trinajstić information content (AvgIpc) is 3.13. The number of furan rings is 1. The lowest BCUT2D eigenvalue weighted by Crippen LogP contribution is -2.39. The van der Waals surface area contributed by atoms with E-state index in [-0.39, 0.29) is 41.5 Å². The van der Waals surface area contributed by atoms with Crippen LogP contribution in [0.15, 0.2) is 51.9 Å². The minimum atomic E-state index is -0.642. The van der Waals surface area contributed by atoms with E-state index in [1.807, 2.05) is 24.3 Å². The molecule has 160 valence electrons. The van der Waals surface area contributed by atoms with E-state index in [2.05, 4.69) is 17.1 Å². The number of esters is 1. The molecular formula is C23H23N3O5. The summed E-state index contributed by atoms with van der Waals surface area (Å²) in [7, 11) is 0. The van der Waals surface area contributed by atoms with E-state index in [1.54, 1.807) is 18.7 Å². The Hall–Kier alpha value is -3.68. The van der Waals surface area contributed by atoms with Crippen molar-refractivity contribution in [1.82, 2.24) is 14.5 Å². The van der Waals surface area contributed by atoms with Crippen molar-refractivity contribution < 1.29 is 18.7 Å². The van der Waals surface area contributed by atoms with Crippen molar-refractivity contribution in [3.8, 4) is 0 Å². The minimum absolute atomic E-state index is 0.0381. The Morgan fingerprint density at radius 3 is 2.68 bits per heavy atom. The molecule has 0 bridgehead atoms. The first-order valence-electron chi connectivity index (χ1n) is 10.2. The van der Waals surface area contributed by atoms with Gasteiger partial charge in [0.05, 0.1) is 6.61 Å². The van der Waals surface area contributed by atoms with Gasteiger partial charge in [-0.25, -0.2) is 9.78 Å². The fourth-order valence-electron chi connectivity index (χ4n) is 3.76. The quantitative estimate of drug-likeness (QED) is 0.588. The SMILES string of the molecule is CCOC(=O)c1c(C)oc2ncn(CC(=O)N3CC=C(c4ccccc4)CC3)c(=O)c12. The molecule has 0 unspecified atom stereocenters. The van der Waals surface area contributed by atoms with Crippen molar-refractivity contribution in [3.05, 3.63) is 70.0 Å². The highest BCUT2D eigenvalue weighted by Gasteiger charge is 2.25. The predicted octanol–water partition coefficient (Wildman–Crippen LogP) is 2.79. The van der Waals surface area contributed by atoms with Crippen LogP contribution < -0.4 is 5.56 Å². The molecular weight excluding hydrogens is 398 g/mol. The van der Waals surface area contributed by atoms with Crippen LogP contribution >= 0.6 is 0 Å². The Balaban J connectivity index is 1.55. The normalized spacial score (nSPS) is 13.9. The number of amides is 1. The highest BCUT2D eigenvalue weighted by molar-refractivity contribution is 6.03. The van der Waals surface area contributed by atoms with Crippen LogP contribution in [0.2, 0.25) is 0 Å². The molecule has 0 aliphatic carbocycles. The molecule has 8 heteroatoms. The minimum Gasteiger partial charge on any atom is -0.462 e. The first-order chi connectivity index (χ1) is 15.0. The molecule has 8 nitrogen and oxygen atoms in total. The molecule has 2 aromatic heterocycles. The van der Waals surface area contributed by atoms with Crippen molar-refractivity contribution >= 4 is 28.5 Å². The van der Waals surface area contributed by atoms with E-state index in [0.29, 0.717) is 13.1 Å². The summed E-state index contributed by atoms with van der Waals surface area (Å²) in [5.41, 5.74) is 1.98. The molecule has 0 N–H and O–H groups in total. The molecule has 0 radical (unpaired) electrons. The summed E-state index contributed by atoms with van der Waals surface area (Å²) >= 11 is 0. The van der Waals surface area contributed by atoms with Gasteiger partial charge in [0.15, 0.2) is 0 Å². The van der Waals surface area contributed by atoms with Crippen molar-refractivity contribution in [1.29, 1.82) is 0 Å². The first kappa shape index (κ1) is 20.6. The highest BCUT2D eigenvalue weighted by Crippen LogP contribution is 2.23. The van der Waals surface area contributed by atoms with E-state index >= 15 is 0 Å². The van der Waals surface area contributed by atoms with Gasteiger partial charge in [0.2, 0.25) is 11.6 Å². The van der Waals surface area contributed by atoms with Crippen molar-refractivity contribution in [2.75, 3.05) is 19.7 Å². The van der Waals surface area contributed by atoms with Gasteiger partial charge in [-0.2, -0.15) is 0 Å². The van der Waals surface area contributed by atoms with Gasteiger partial charge in [-0.15, -0.1) is 0 Å². The van der Waals surface area contributed by atoms with Crippen LogP contribution in [0.3, 0.4) is 0 Å². The van der Waals surface area contributed by atoms with Crippen LogP contribution in [-0.2, 0) is 16.1 Å². The van der Waals surface area contributed by atoms with Gasteiger partial charge in [-0.3, -0.25) is 14.2 Å². The molecule has 4 rings (SSSR count). The van der Waals surface area contributed by atoms with Crippen LogP contribution in [0.5, 0.6) is 0 Å². The number of nitrogens with zero attached hydrogens (tertiary/aromatic N) is 3. The van der Waals surface area contributed by atoms with Gasteiger partial charge in [0.1, 0.15) is 29.6 Å². The summed E-state index contributed by atoms with van der Waals surface area (Å²) in [6.45, 7) is 4.32. The maximum atomic E-state index is 13.0. The second-order valence-corrected chi connectivity index (χ2v) is 7.30. The van der Waals surface area contributed by atoms with Crippen molar-refractivity contribution in [3.63, 3.8) is 0 Å². The molecule has 0 saturated carbocycles. The lowest BCUT2D eigenvalue weighted by Gasteiger charge is -2.27. The van der Waals surface area contributed by atoms with Gasteiger partial charge in [-0.1, -0.05) is 36.4 Å². The smallest absolute Gasteiger partial charge is 0.342 e. The van der Waals surface area contributed by atoms with E-state index in [1.165, 1.54) is 16.5 Å². The first-order valence-corrected chi connectivity index (χ1v) is 10.2. The number of hydrogen-bond donors (Lipinski definition) is 0. The number of aryl methyl sites for hydroxylation is 1. The zero-order valence-corrected chi connectivity index (χ0v) is 17.5. The van der Waals surface area contributed by atoms with Gasteiger partial charge >= 0.3 is 5.97 Å². The van der Waals surface area contributed by atoms with Gasteiger partial charge < -0.3 is 14.1 Å². The largest absolute Gasteiger partial charge is 0.462 e.